The number of nitrogens with zero attached hydrogens (tertiary/aromatic N) is 1. The third-order valence-corrected chi connectivity index (χ3v) is 5.95. The fourth-order valence-electron chi connectivity index (χ4n) is 3.17. The van der Waals surface area contributed by atoms with Crippen LogP contribution in [0.5, 0.6) is 0 Å². The molecule has 1 aromatic heterocycles. The SMILES string of the molecule is Cc1cccc(S(=O)(=O)Nc2cccc(CCc3nc4ccccc4[nH]3)c2)c1. The summed E-state index contributed by atoms with van der Waals surface area (Å²) in [5.74, 6) is 0.923. The van der Waals surface area contributed by atoms with Gasteiger partial charge in [-0.15, -0.1) is 0 Å². The van der Waals surface area contributed by atoms with Crippen LogP contribution in [0.15, 0.2) is 77.7 Å². The van der Waals surface area contributed by atoms with E-state index in [1.165, 1.54) is 0 Å². The van der Waals surface area contributed by atoms with Crippen LogP contribution < -0.4 is 4.72 Å². The van der Waals surface area contributed by atoms with Crippen molar-refractivity contribution in [1.29, 1.82) is 0 Å². The number of nitrogens with one attached hydrogen (secondary N) is 2. The van der Waals surface area contributed by atoms with Gasteiger partial charge in [0, 0.05) is 12.1 Å². The van der Waals surface area contributed by atoms with Crippen LogP contribution in [-0.2, 0) is 22.9 Å². The van der Waals surface area contributed by atoms with Crippen molar-refractivity contribution in [1.82, 2.24) is 9.97 Å². The number of hydrogen-bond acceptors (Lipinski definition) is 3. The molecule has 0 saturated heterocycles. The van der Waals surface area contributed by atoms with Crippen molar-refractivity contribution in [3.8, 4) is 0 Å². The molecule has 0 aliphatic carbocycles. The Balaban J connectivity index is 1.48. The quantitative estimate of drug-likeness (QED) is 0.510. The average molecular weight is 391 g/mol. The molecule has 0 aliphatic heterocycles. The van der Waals surface area contributed by atoms with Crippen molar-refractivity contribution >= 4 is 26.7 Å². The molecule has 1 heterocycles. The summed E-state index contributed by atoms with van der Waals surface area (Å²) in [4.78, 5) is 8.18. The normalized spacial score (nSPS) is 11.6. The molecule has 0 unspecified atom stereocenters. The Morgan fingerprint density at radius 1 is 0.929 bits per heavy atom. The van der Waals surface area contributed by atoms with Crippen LogP contribution in [0.4, 0.5) is 5.69 Å². The first-order valence-electron chi connectivity index (χ1n) is 9.12. The molecule has 28 heavy (non-hydrogen) atoms. The second-order valence-corrected chi connectivity index (χ2v) is 8.51. The summed E-state index contributed by atoms with van der Waals surface area (Å²) in [6.45, 7) is 1.87. The Morgan fingerprint density at radius 3 is 2.57 bits per heavy atom. The average Bonchev–Trinajstić information content (AvgIpc) is 3.09. The molecule has 0 saturated carbocycles. The summed E-state index contributed by atoms with van der Waals surface area (Å²) in [6, 6.07) is 22.3. The van der Waals surface area contributed by atoms with E-state index in [9.17, 15) is 8.42 Å². The van der Waals surface area contributed by atoms with Crippen molar-refractivity contribution in [2.75, 3.05) is 4.72 Å². The number of para-hydroxylation sites is 2. The lowest BCUT2D eigenvalue weighted by molar-refractivity contribution is 0.601. The van der Waals surface area contributed by atoms with Crippen molar-refractivity contribution in [3.05, 3.63) is 89.7 Å². The number of aromatic nitrogens is 2. The molecule has 3 aromatic carbocycles. The van der Waals surface area contributed by atoms with E-state index in [-0.39, 0.29) is 4.90 Å². The third kappa shape index (κ3) is 4.07. The van der Waals surface area contributed by atoms with Gasteiger partial charge in [0.1, 0.15) is 5.82 Å². The minimum absolute atomic E-state index is 0.264. The van der Waals surface area contributed by atoms with Gasteiger partial charge in [-0.1, -0.05) is 36.4 Å². The zero-order chi connectivity index (χ0) is 19.6. The first-order valence-corrected chi connectivity index (χ1v) is 10.6. The Hall–Kier alpha value is -3.12. The summed E-state index contributed by atoms with van der Waals surface area (Å²) in [7, 11) is -3.61. The number of anilines is 1. The van der Waals surface area contributed by atoms with Gasteiger partial charge in [0.25, 0.3) is 10.0 Å². The van der Waals surface area contributed by atoms with Crippen LogP contribution in [-0.4, -0.2) is 18.4 Å². The topological polar surface area (TPSA) is 74.8 Å². The van der Waals surface area contributed by atoms with E-state index >= 15 is 0 Å². The van der Waals surface area contributed by atoms with Crippen LogP contribution in [0, 0.1) is 6.92 Å². The molecule has 2 N–H and O–H groups in total. The fraction of sp³-hybridized carbons (Fsp3) is 0.136. The van der Waals surface area contributed by atoms with E-state index in [4.69, 9.17) is 0 Å². The Kier molecular flexibility index (Phi) is 4.88. The molecule has 0 aliphatic rings. The van der Waals surface area contributed by atoms with E-state index in [2.05, 4.69) is 14.7 Å². The van der Waals surface area contributed by atoms with E-state index in [1.54, 1.807) is 24.3 Å². The second-order valence-electron chi connectivity index (χ2n) is 6.82. The Morgan fingerprint density at radius 2 is 1.75 bits per heavy atom. The number of aromatic amines is 1. The van der Waals surface area contributed by atoms with Gasteiger partial charge in [0.05, 0.1) is 15.9 Å². The number of H-pyrrole nitrogens is 1. The highest BCUT2D eigenvalue weighted by molar-refractivity contribution is 7.92. The molecule has 0 bridgehead atoms. The molecule has 0 amide bonds. The number of benzene rings is 3. The van der Waals surface area contributed by atoms with Crippen molar-refractivity contribution in [2.45, 2.75) is 24.7 Å². The Labute approximate surface area is 164 Å². The van der Waals surface area contributed by atoms with Crippen LogP contribution in [0.1, 0.15) is 17.0 Å². The van der Waals surface area contributed by atoms with Crippen LogP contribution in [0.2, 0.25) is 0 Å². The molecule has 142 valence electrons. The van der Waals surface area contributed by atoms with Gasteiger partial charge >= 0.3 is 0 Å². The lowest BCUT2D eigenvalue weighted by Crippen LogP contribution is -2.13. The molecular weight excluding hydrogens is 370 g/mol. The number of aryl methyl sites for hydroxylation is 3. The number of rotatable bonds is 6. The second kappa shape index (κ2) is 7.48. The van der Waals surface area contributed by atoms with Gasteiger partial charge in [-0.25, -0.2) is 13.4 Å². The molecule has 0 atom stereocenters. The molecular formula is C22H21N3O2S. The lowest BCUT2D eigenvalue weighted by Gasteiger charge is -2.10. The summed E-state index contributed by atoms with van der Waals surface area (Å²) in [6.07, 6.45) is 1.52. The van der Waals surface area contributed by atoms with Crippen LogP contribution in [0.3, 0.4) is 0 Å². The predicted molar refractivity (Wildman–Crippen MR) is 112 cm³/mol. The predicted octanol–water partition coefficient (Wildman–Crippen LogP) is 4.46. The van der Waals surface area contributed by atoms with Gasteiger partial charge in [-0.05, 0) is 60.9 Å². The molecule has 0 radical (unpaired) electrons. The maximum absolute atomic E-state index is 12.6. The maximum atomic E-state index is 12.6. The third-order valence-electron chi connectivity index (χ3n) is 4.57. The first kappa shape index (κ1) is 18.3. The standard InChI is InChI=1S/C22H21N3O2S/c1-16-6-4-9-19(14-16)28(26,27)25-18-8-5-7-17(15-18)12-13-22-23-20-10-2-3-11-21(20)24-22/h2-11,14-15,25H,12-13H2,1H3,(H,23,24). The van der Waals surface area contributed by atoms with Crippen molar-refractivity contribution in [2.24, 2.45) is 0 Å². The molecule has 4 rings (SSSR count). The van der Waals surface area contributed by atoms with Crippen LogP contribution >= 0.6 is 0 Å². The highest BCUT2D eigenvalue weighted by Gasteiger charge is 2.14. The molecule has 0 spiro atoms. The highest BCUT2D eigenvalue weighted by Crippen LogP contribution is 2.19. The van der Waals surface area contributed by atoms with Gasteiger partial charge in [-0.3, -0.25) is 4.72 Å². The van der Waals surface area contributed by atoms with Gasteiger partial charge in [0.2, 0.25) is 0 Å². The van der Waals surface area contributed by atoms with E-state index in [0.29, 0.717) is 5.69 Å². The lowest BCUT2D eigenvalue weighted by atomic mass is 10.1. The van der Waals surface area contributed by atoms with E-state index < -0.39 is 10.0 Å². The zero-order valence-corrected chi connectivity index (χ0v) is 16.3. The van der Waals surface area contributed by atoms with Crippen LogP contribution in [0.25, 0.3) is 11.0 Å². The number of hydrogen-bond donors (Lipinski definition) is 2. The zero-order valence-electron chi connectivity index (χ0n) is 15.5. The first-order chi connectivity index (χ1) is 13.5. The number of fused-ring (bicyclic) bond motifs is 1. The van der Waals surface area contributed by atoms with Gasteiger partial charge in [0.15, 0.2) is 0 Å². The number of sulfonamides is 1. The van der Waals surface area contributed by atoms with Crippen molar-refractivity contribution in [3.63, 3.8) is 0 Å². The number of imidazole rings is 1. The van der Waals surface area contributed by atoms with Gasteiger partial charge in [-0.2, -0.15) is 0 Å². The Bertz CT molecular complexity index is 1200. The molecule has 6 heteroatoms. The summed E-state index contributed by atoms with van der Waals surface area (Å²) < 4.78 is 27.9. The fourth-order valence-corrected chi connectivity index (χ4v) is 4.33. The minimum atomic E-state index is -3.61. The molecule has 5 nitrogen and oxygen atoms in total. The molecule has 0 fully saturated rings. The monoisotopic (exact) mass is 391 g/mol. The largest absolute Gasteiger partial charge is 0.342 e. The summed E-state index contributed by atoms with van der Waals surface area (Å²) in [5, 5.41) is 0. The van der Waals surface area contributed by atoms with Crippen molar-refractivity contribution < 1.29 is 8.42 Å². The summed E-state index contributed by atoms with van der Waals surface area (Å²) in [5.41, 5.74) is 4.49. The van der Waals surface area contributed by atoms with E-state index in [1.807, 2.05) is 55.5 Å². The maximum Gasteiger partial charge on any atom is 0.261 e. The minimum Gasteiger partial charge on any atom is -0.342 e. The smallest absolute Gasteiger partial charge is 0.261 e. The van der Waals surface area contributed by atoms with Gasteiger partial charge < -0.3 is 4.98 Å². The highest BCUT2D eigenvalue weighted by atomic mass is 32.2. The summed E-state index contributed by atoms with van der Waals surface area (Å²) >= 11 is 0. The molecule has 4 aromatic rings. The van der Waals surface area contributed by atoms with E-state index in [0.717, 1.165) is 40.8 Å².